The maximum absolute atomic E-state index is 13.7. The van der Waals surface area contributed by atoms with Crippen molar-refractivity contribution in [1.82, 2.24) is 24.5 Å². The van der Waals surface area contributed by atoms with Crippen LogP contribution in [0, 0.1) is 5.82 Å². The SMILES string of the molecule is C[C@H](Oc1cc2cc(F)ccc2nc1N)c1cc2nn(CC(=O)O)cc2cc1-n1cccn1. The fourth-order valence-electron chi connectivity index (χ4n) is 3.77. The number of rotatable bonds is 6. The Labute approximate surface area is 186 Å². The fourth-order valence-corrected chi connectivity index (χ4v) is 3.77. The molecule has 0 fully saturated rings. The van der Waals surface area contributed by atoms with Crippen molar-refractivity contribution in [1.29, 1.82) is 0 Å². The van der Waals surface area contributed by atoms with Gasteiger partial charge in [-0.3, -0.25) is 9.48 Å². The average molecular weight is 446 g/mol. The van der Waals surface area contributed by atoms with E-state index in [2.05, 4.69) is 15.2 Å². The minimum absolute atomic E-state index is 0.188. The van der Waals surface area contributed by atoms with Gasteiger partial charge >= 0.3 is 5.97 Å². The number of anilines is 1. The van der Waals surface area contributed by atoms with E-state index in [9.17, 15) is 9.18 Å². The number of nitrogens with two attached hydrogens (primary N) is 1. The first-order chi connectivity index (χ1) is 15.9. The molecule has 166 valence electrons. The second-order valence-electron chi connectivity index (χ2n) is 7.61. The highest BCUT2D eigenvalue weighted by Gasteiger charge is 2.19. The Hall–Kier alpha value is -4.47. The van der Waals surface area contributed by atoms with Crippen molar-refractivity contribution in [3.8, 4) is 11.4 Å². The van der Waals surface area contributed by atoms with Gasteiger partial charge in [0.25, 0.3) is 0 Å². The van der Waals surface area contributed by atoms with E-state index in [4.69, 9.17) is 15.6 Å². The largest absolute Gasteiger partial charge is 0.482 e. The van der Waals surface area contributed by atoms with Crippen molar-refractivity contribution < 1.29 is 19.0 Å². The zero-order valence-corrected chi connectivity index (χ0v) is 17.5. The predicted octanol–water partition coefficient (Wildman–Crippen LogP) is 3.72. The molecule has 3 aromatic heterocycles. The van der Waals surface area contributed by atoms with E-state index in [1.54, 1.807) is 41.5 Å². The Balaban J connectivity index is 1.57. The number of nitrogens with zero attached hydrogens (tertiary/aromatic N) is 5. The van der Waals surface area contributed by atoms with Gasteiger partial charge in [-0.1, -0.05) is 0 Å². The van der Waals surface area contributed by atoms with Crippen LogP contribution in [-0.4, -0.2) is 35.6 Å². The third-order valence-corrected chi connectivity index (χ3v) is 5.26. The molecule has 0 saturated heterocycles. The van der Waals surface area contributed by atoms with Gasteiger partial charge in [0.2, 0.25) is 0 Å². The van der Waals surface area contributed by atoms with Crippen LogP contribution in [0.25, 0.3) is 27.5 Å². The molecule has 0 bridgehead atoms. The van der Waals surface area contributed by atoms with Crippen molar-refractivity contribution >= 4 is 33.6 Å². The summed E-state index contributed by atoms with van der Waals surface area (Å²) in [7, 11) is 0. The third-order valence-electron chi connectivity index (χ3n) is 5.26. The molecule has 9 nitrogen and oxygen atoms in total. The zero-order valence-electron chi connectivity index (χ0n) is 17.5. The van der Waals surface area contributed by atoms with E-state index >= 15 is 0 Å². The van der Waals surface area contributed by atoms with Gasteiger partial charge in [0, 0.05) is 34.9 Å². The van der Waals surface area contributed by atoms with Gasteiger partial charge in [0.1, 0.15) is 18.5 Å². The van der Waals surface area contributed by atoms with Crippen LogP contribution in [-0.2, 0) is 11.3 Å². The Morgan fingerprint density at radius 2 is 2.06 bits per heavy atom. The maximum Gasteiger partial charge on any atom is 0.325 e. The summed E-state index contributed by atoms with van der Waals surface area (Å²) in [4.78, 5) is 15.4. The molecule has 10 heteroatoms. The van der Waals surface area contributed by atoms with Gasteiger partial charge in [-0.05, 0) is 49.4 Å². The van der Waals surface area contributed by atoms with Crippen LogP contribution in [0.5, 0.6) is 5.75 Å². The topological polar surface area (TPSA) is 121 Å². The number of aliphatic carboxylic acids is 1. The molecule has 0 saturated carbocycles. The maximum atomic E-state index is 13.7. The van der Waals surface area contributed by atoms with Crippen LogP contribution in [0.4, 0.5) is 10.2 Å². The molecule has 0 aliphatic carbocycles. The van der Waals surface area contributed by atoms with Gasteiger partial charge in [0.15, 0.2) is 11.6 Å². The number of hydrogen-bond donors (Lipinski definition) is 2. The number of hydrogen-bond acceptors (Lipinski definition) is 6. The number of carbonyl (C=O) groups is 1. The van der Waals surface area contributed by atoms with Crippen LogP contribution in [0.15, 0.2) is 61.1 Å². The van der Waals surface area contributed by atoms with Crippen LogP contribution in [0.2, 0.25) is 0 Å². The highest BCUT2D eigenvalue weighted by atomic mass is 19.1. The zero-order chi connectivity index (χ0) is 23.1. The van der Waals surface area contributed by atoms with Gasteiger partial charge in [0.05, 0.1) is 16.7 Å². The van der Waals surface area contributed by atoms with E-state index in [0.29, 0.717) is 22.2 Å². The second kappa shape index (κ2) is 7.90. The lowest BCUT2D eigenvalue weighted by Crippen LogP contribution is -2.10. The Kier molecular flexibility index (Phi) is 4.89. The number of pyridine rings is 1. The molecule has 3 heterocycles. The summed E-state index contributed by atoms with van der Waals surface area (Å²) < 4.78 is 22.9. The molecule has 0 spiro atoms. The van der Waals surface area contributed by atoms with Crippen molar-refractivity contribution in [2.45, 2.75) is 19.6 Å². The quantitative estimate of drug-likeness (QED) is 0.408. The lowest BCUT2D eigenvalue weighted by molar-refractivity contribution is -0.137. The molecule has 1 atom stereocenters. The third kappa shape index (κ3) is 3.93. The minimum Gasteiger partial charge on any atom is -0.482 e. The van der Waals surface area contributed by atoms with Crippen molar-refractivity contribution in [3.05, 3.63) is 72.4 Å². The van der Waals surface area contributed by atoms with E-state index in [1.165, 1.54) is 16.8 Å². The molecule has 5 aromatic rings. The molecular formula is C23H19FN6O3. The van der Waals surface area contributed by atoms with Crippen LogP contribution in [0.1, 0.15) is 18.6 Å². The van der Waals surface area contributed by atoms with Crippen LogP contribution in [0.3, 0.4) is 0 Å². The number of ether oxygens (including phenoxy) is 1. The molecule has 0 amide bonds. The van der Waals surface area contributed by atoms with Gasteiger partial charge in [-0.25, -0.2) is 14.1 Å². The molecule has 2 aromatic carbocycles. The number of fused-ring (bicyclic) bond motifs is 2. The number of nitrogen functional groups attached to an aromatic ring is 1. The molecule has 3 N–H and O–H groups in total. The number of carboxylic acids is 1. The summed E-state index contributed by atoms with van der Waals surface area (Å²) in [5.74, 6) is -0.851. The van der Waals surface area contributed by atoms with E-state index in [-0.39, 0.29) is 18.2 Å². The first-order valence-electron chi connectivity index (χ1n) is 10.1. The first-order valence-corrected chi connectivity index (χ1v) is 10.1. The Bertz CT molecular complexity index is 1500. The van der Waals surface area contributed by atoms with Crippen LogP contribution < -0.4 is 10.5 Å². The summed E-state index contributed by atoms with van der Waals surface area (Å²) in [6.07, 6.45) is 4.63. The average Bonchev–Trinajstić information content (AvgIpc) is 3.42. The normalized spacial score (nSPS) is 12.3. The van der Waals surface area contributed by atoms with E-state index in [0.717, 1.165) is 16.6 Å². The molecular weight excluding hydrogens is 427 g/mol. The van der Waals surface area contributed by atoms with Crippen LogP contribution >= 0.6 is 0 Å². The number of halogens is 1. The lowest BCUT2D eigenvalue weighted by atomic mass is 10.1. The molecule has 33 heavy (non-hydrogen) atoms. The first kappa shape index (κ1) is 20.4. The summed E-state index contributed by atoms with van der Waals surface area (Å²) in [5, 5.41) is 19.1. The summed E-state index contributed by atoms with van der Waals surface area (Å²) in [5.41, 5.74) is 8.79. The molecule has 0 unspecified atom stereocenters. The van der Waals surface area contributed by atoms with Gasteiger partial charge in [-0.2, -0.15) is 10.2 Å². The number of benzene rings is 2. The number of carboxylic acid groups (broad SMARTS) is 1. The van der Waals surface area contributed by atoms with Crippen molar-refractivity contribution in [3.63, 3.8) is 0 Å². The molecule has 0 aliphatic heterocycles. The van der Waals surface area contributed by atoms with E-state index < -0.39 is 12.1 Å². The number of aromatic nitrogens is 5. The summed E-state index contributed by atoms with van der Waals surface area (Å²) in [6, 6.07) is 11.4. The predicted molar refractivity (Wildman–Crippen MR) is 120 cm³/mol. The van der Waals surface area contributed by atoms with Gasteiger partial charge in [-0.15, -0.1) is 0 Å². The monoisotopic (exact) mass is 446 g/mol. The van der Waals surface area contributed by atoms with E-state index in [1.807, 2.05) is 19.1 Å². The summed E-state index contributed by atoms with van der Waals surface area (Å²) >= 11 is 0. The molecule has 5 rings (SSSR count). The van der Waals surface area contributed by atoms with Crippen molar-refractivity contribution in [2.24, 2.45) is 0 Å². The smallest absolute Gasteiger partial charge is 0.325 e. The lowest BCUT2D eigenvalue weighted by Gasteiger charge is -2.19. The standard InChI is InChI=1S/C23H19FN6O3/c1-13(33-21-9-14-7-16(24)3-4-18(14)27-23(21)25)17-10-19-15(11-29(28-19)12-22(31)32)8-20(17)30-6-2-5-26-30/h2-11,13H,12H2,1H3,(H2,25,27)(H,31,32)/t13-/m0/s1. The molecule has 0 radical (unpaired) electrons. The fraction of sp³-hybridized carbons (Fsp3) is 0.130. The Morgan fingerprint density at radius 1 is 1.21 bits per heavy atom. The highest BCUT2D eigenvalue weighted by molar-refractivity contribution is 5.84. The Morgan fingerprint density at radius 3 is 2.82 bits per heavy atom. The minimum atomic E-state index is -0.984. The molecule has 0 aliphatic rings. The second-order valence-corrected chi connectivity index (χ2v) is 7.61. The van der Waals surface area contributed by atoms with Gasteiger partial charge < -0.3 is 15.6 Å². The van der Waals surface area contributed by atoms with Crippen molar-refractivity contribution in [2.75, 3.05) is 5.73 Å². The highest BCUT2D eigenvalue weighted by Crippen LogP contribution is 2.33. The summed E-state index contributed by atoms with van der Waals surface area (Å²) in [6.45, 7) is 1.60.